The van der Waals surface area contributed by atoms with E-state index in [-0.39, 0.29) is 6.79 Å². The molecule has 4 aromatic rings. The smallest absolute Gasteiger partial charge is 0.416 e. The van der Waals surface area contributed by atoms with Crippen molar-refractivity contribution in [3.63, 3.8) is 0 Å². The van der Waals surface area contributed by atoms with Gasteiger partial charge in [0.15, 0.2) is 22.5 Å². The summed E-state index contributed by atoms with van der Waals surface area (Å²) in [5, 5.41) is 8.97. The van der Waals surface area contributed by atoms with Crippen molar-refractivity contribution in [2.24, 2.45) is 0 Å². The summed E-state index contributed by atoms with van der Waals surface area (Å²) in [5.74, 6) is 2.27. The lowest BCUT2D eigenvalue weighted by Gasteiger charge is -2.13. The van der Waals surface area contributed by atoms with Crippen LogP contribution in [-0.4, -0.2) is 26.5 Å². The van der Waals surface area contributed by atoms with Gasteiger partial charge in [0.25, 0.3) is 0 Å². The van der Waals surface area contributed by atoms with Gasteiger partial charge in [0, 0.05) is 23.7 Å². The highest BCUT2D eigenvalue weighted by atomic mass is 32.2. The third-order valence-corrected chi connectivity index (χ3v) is 5.79. The van der Waals surface area contributed by atoms with Gasteiger partial charge in [-0.15, -0.1) is 10.2 Å². The molecule has 0 unspecified atom stereocenters. The van der Waals surface area contributed by atoms with Crippen LogP contribution in [0.1, 0.15) is 11.1 Å². The van der Waals surface area contributed by atoms with Crippen molar-refractivity contribution in [3.8, 4) is 28.6 Å². The number of thioether (sulfide) groups is 1. The standard InChI is InChI=1S/C22H15F3N4O2S/c23-22(24,25)16-4-1-5-17(10-16)29-20(15-3-2-8-26-11-15)27-28-21(29)32-12-14-6-7-18-19(9-14)31-13-30-18/h1-11H,12-13H2. The van der Waals surface area contributed by atoms with Crippen molar-refractivity contribution in [1.82, 2.24) is 19.7 Å². The van der Waals surface area contributed by atoms with Crippen LogP contribution in [0.5, 0.6) is 11.5 Å². The molecule has 3 heterocycles. The van der Waals surface area contributed by atoms with Gasteiger partial charge in [0.05, 0.1) is 11.3 Å². The Morgan fingerprint density at radius 2 is 1.84 bits per heavy atom. The number of ether oxygens (including phenoxy) is 2. The predicted molar refractivity (Wildman–Crippen MR) is 112 cm³/mol. The molecule has 1 aliphatic heterocycles. The molecule has 0 amide bonds. The molecule has 1 aliphatic rings. The summed E-state index contributed by atoms with van der Waals surface area (Å²) < 4.78 is 52.4. The molecule has 0 fully saturated rings. The molecule has 0 aliphatic carbocycles. The summed E-state index contributed by atoms with van der Waals surface area (Å²) in [4.78, 5) is 4.10. The third kappa shape index (κ3) is 4.01. The van der Waals surface area contributed by atoms with E-state index < -0.39 is 11.7 Å². The Morgan fingerprint density at radius 3 is 2.66 bits per heavy atom. The Balaban J connectivity index is 1.53. The molecular formula is C22H15F3N4O2S. The maximum Gasteiger partial charge on any atom is 0.416 e. The first-order valence-corrected chi connectivity index (χ1v) is 10.5. The highest BCUT2D eigenvalue weighted by Crippen LogP contribution is 2.36. The van der Waals surface area contributed by atoms with Crippen LogP contribution in [-0.2, 0) is 11.9 Å². The van der Waals surface area contributed by atoms with Crippen LogP contribution in [0.25, 0.3) is 17.1 Å². The number of hydrogen-bond donors (Lipinski definition) is 0. The van der Waals surface area contributed by atoms with Crippen molar-refractivity contribution < 1.29 is 22.6 Å². The zero-order valence-electron chi connectivity index (χ0n) is 16.4. The molecule has 2 aromatic carbocycles. The third-order valence-electron chi connectivity index (χ3n) is 4.79. The Morgan fingerprint density at radius 1 is 0.969 bits per heavy atom. The molecule has 162 valence electrons. The summed E-state index contributed by atoms with van der Waals surface area (Å²) in [7, 11) is 0. The summed E-state index contributed by atoms with van der Waals surface area (Å²) in [6, 6.07) is 14.2. The van der Waals surface area contributed by atoms with Crippen LogP contribution >= 0.6 is 11.8 Å². The highest BCUT2D eigenvalue weighted by molar-refractivity contribution is 7.98. The first-order chi connectivity index (χ1) is 15.5. The number of fused-ring (bicyclic) bond motifs is 1. The van der Waals surface area contributed by atoms with Gasteiger partial charge in [-0.05, 0) is 48.0 Å². The minimum Gasteiger partial charge on any atom is -0.454 e. The van der Waals surface area contributed by atoms with E-state index in [1.807, 2.05) is 18.2 Å². The first kappa shape index (κ1) is 20.4. The molecule has 0 atom stereocenters. The van der Waals surface area contributed by atoms with Crippen LogP contribution in [0.15, 0.2) is 72.1 Å². The van der Waals surface area contributed by atoms with E-state index in [0.717, 1.165) is 17.7 Å². The number of halogens is 3. The second-order valence-electron chi connectivity index (χ2n) is 6.91. The topological polar surface area (TPSA) is 62.1 Å². The van der Waals surface area contributed by atoms with Crippen LogP contribution in [0.2, 0.25) is 0 Å². The molecule has 0 spiro atoms. The fourth-order valence-electron chi connectivity index (χ4n) is 3.28. The Bertz CT molecular complexity index is 1260. The van der Waals surface area contributed by atoms with Crippen molar-refractivity contribution in [2.75, 3.05) is 6.79 Å². The average molecular weight is 456 g/mol. The number of pyridine rings is 1. The van der Waals surface area contributed by atoms with Crippen LogP contribution in [0.4, 0.5) is 13.2 Å². The van der Waals surface area contributed by atoms with E-state index >= 15 is 0 Å². The number of aromatic nitrogens is 4. The molecule has 2 aromatic heterocycles. The lowest BCUT2D eigenvalue weighted by Crippen LogP contribution is -2.07. The van der Waals surface area contributed by atoms with Crippen molar-refractivity contribution in [3.05, 3.63) is 78.1 Å². The fourth-order valence-corrected chi connectivity index (χ4v) is 4.17. The monoisotopic (exact) mass is 456 g/mol. The normalized spacial score (nSPS) is 12.8. The Labute approximate surface area is 185 Å². The summed E-state index contributed by atoms with van der Waals surface area (Å²) in [6.45, 7) is 0.185. The van der Waals surface area contributed by atoms with Crippen LogP contribution in [0, 0.1) is 0 Å². The quantitative estimate of drug-likeness (QED) is 0.377. The number of benzene rings is 2. The number of nitrogens with zero attached hydrogens (tertiary/aromatic N) is 4. The van der Waals surface area contributed by atoms with Gasteiger partial charge >= 0.3 is 6.18 Å². The van der Waals surface area contributed by atoms with Gasteiger partial charge in [-0.1, -0.05) is 23.9 Å². The summed E-state index contributed by atoms with van der Waals surface area (Å²) in [5.41, 5.74) is 1.18. The van der Waals surface area contributed by atoms with E-state index in [1.165, 1.54) is 17.8 Å². The first-order valence-electron chi connectivity index (χ1n) is 9.54. The van der Waals surface area contributed by atoms with E-state index in [2.05, 4.69) is 15.2 Å². The second-order valence-corrected chi connectivity index (χ2v) is 7.85. The van der Waals surface area contributed by atoms with Gasteiger partial charge in [0.1, 0.15) is 0 Å². The largest absolute Gasteiger partial charge is 0.454 e. The Hall–Kier alpha value is -3.53. The minimum atomic E-state index is -4.46. The maximum atomic E-state index is 13.3. The van der Waals surface area contributed by atoms with Gasteiger partial charge < -0.3 is 9.47 Å². The zero-order valence-corrected chi connectivity index (χ0v) is 17.2. The molecule has 6 nitrogen and oxygen atoms in total. The van der Waals surface area contributed by atoms with Gasteiger partial charge in [0.2, 0.25) is 6.79 Å². The van der Waals surface area contributed by atoms with E-state index in [0.29, 0.717) is 39.5 Å². The van der Waals surface area contributed by atoms with Crippen LogP contribution in [0.3, 0.4) is 0 Å². The molecule has 0 radical (unpaired) electrons. The molecular weight excluding hydrogens is 441 g/mol. The SMILES string of the molecule is FC(F)(F)c1cccc(-n2c(SCc3ccc4c(c3)OCO4)nnc2-c2cccnc2)c1. The maximum absolute atomic E-state index is 13.3. The molecule has 0 N–H and O–H groups in total. The molecule has 0 saturated heterocycles. The number of alkyl halides is 3. The average Bonchev–Trinajstić information content (AvgIpc) is 3.44. The fraction of sp³-hybridized carbons (Fsp3) is 0.136. The second kappa shape index (κ2) is 8.19. The minimum absolute atomic E-state index is 0.185. The number of hydrogen-bond acceptors (Lipinski definition) is 6. The summed E-state index contributed by atoms with van der Waals surface area (Å²) in [6.07, 6.45) is -1.25. The molecule has 0 bridgehead atoms. The zero-order chi connectivity index (χ0) is 22.1. The van der Waals surface area contributed by atoms with Crippen LogP contribution < -0.4 is 9.47 Å². The molecule has 32 heavy (non-hydrogen) atoms. The number of rotatable bonds is 5. The summed E-state index contributed by atoms with van der Waals surface area (Å²) >= 11 is 1.36. The van der Waals surface area contributed by atoms with Gasteiger partial charge in [-0.2, -0.15) is 13.2 Å². The molecule has 5 rings (SSSR count). The van der Waals surface area contributed by atoms with Gasteiger partial charge in [-0.25, -0.2) is 0 Å². The van der Waals surface area contributed by atoms with Crippen molar-refractivity contribution in [1.29, 1.82) is 0 Å². The van der Waals surface area contributed by atoms with Crippen molar-refractivity contribution >= 4 is 11.8 Å². The van der Waals surface area contributed by atoms with E-state index in [1.54, 1.807) is 35.2 Å². The predicted octanol–water partition coefficient (Wildman–Crippen LogP) is 5.37. The van der Waals surface area contributed by atoms with Crippen molar-refractivity contribution in [2.45, 2.75) is 17.1 Å². The lowest BCUT2D eigenvalue weighted by atomic mass is 10.2. The van der Waals surface area contributed by atoms with Gasteiger partial charge in [-0.3, -0.25) is 9.55 Å². The molecule has 0 saturated carbocycles. The molecule has 10 heteroatoms. The highest BCUT2D eigenvalue weighted by Gasteiger charge is 2.31. The Kier molecular flexibility index (Phi) is 5.22. The van der Waals surface area contributed by atoms with E-state index in [4.69, 9.17) is 9.47 Å². The van der Waals surface area contributed by atoms with E-state index in [9.17, 15) is 13.2 Å². The lowest BCUT2D eigenvalue weighted by molar-refractivity contribution is -0.137.